The molecule has 0 aliphatic carbocycles. The number of hydrogen-bond acceptors (Lipinski definition) is 4. The van der Waals surface area contributed by atoms with Crippen molar-refractivity contribution in [2.45, 2.75) is 25.4 Å². The van der Waals surface area contributed by atoms with Crippen molar-refractivity contribution >= 4 is 17.7 Å². The second kappa shape index (κ2) is 7.32. The number of aliphatic carboxylic acids is 1. The van der Waals surface area contributed by atoms with E-state index >= 15 is 0 Å². The van der Waals surface area contributed by atoms with Crippen LogP contribution in [0.2, 0.25) is 0 Å². The van der Waals surface area contributed by atoms with Crippen molar-refractivity contribution in [3.63, 3.8) is 0 Å². The second-order valence-electron chi connectivity index (χ2n) is 4.38. The number of nitrogens with one attached hydrogen (secondary N) is 1. The van der Waals surface area contributed by atoms with E-state index in [1.807, 2.05) is 0 Å². The zero-order valence-corrected chi connectivity index (χ0v) is 11.3. The van der Waals surface area contributed by atoms with Gasteiger partial charge >= 0.3 is 5.97 Å². The monoisotopic (exact) mass is 298 g/mol. The average Bonchev–Trinajstić information content (AvgIpc) is 2.44. The Kier molecular flexibility index (Phi) is 5.77. The Morgan fingerprint density at radius 1 is 1.38 bits per heavy atom. The first-order chi connectivity index (χ1) is 9.86. The number of carbonyl (C=O) groups excluding carboxylic acids is 2. The topological polar surface area (TPSA) is 105 Å². The number of carboxylic acids is 1. The number of carbonyl (C=O) groups is 3. The summed E-state index contributed by atoms with van der Waals surface area (Å²) >= 11 is 0. The molecule has 114 valence electrons. The standard InChI is InChI=1S/C13H15FN2O5/c1-8(16-5-3-2-4-11(16)18)13(21)15-9(6-12(19)20)10(17)7-14/h2-5,8-9H,6-7H2,1H3,(H,15,21)(H,19,20). The van der Waals surface area contributed by atoms with Crippen LogP contribution in [0.4, 0.5) is 4.39 Å². The van der Waals surface area contributed by atoms with Crippen molar-refractivity contribution in [3.05, 3.63) is 34.7 Å². The smallest absolute Gasteiger partial charge is 0.305 e. The van der Waals surface area contributed by atoms with Crippen molar-refractivity contribution in [1.82, 2.24) is 9.88 Å². The molecule has 0 radical (unpaired) electrons. The summed E-state index contributed by atoms with van der Waals surface area (Å²) < 4.78 is 13.5. The first-order valence-corrected chi connectivity index (χ1v) is 6.14. The van der Waals surface area contributed by atoms with Crippen LogP contribution in [0.3, 0.4) is 0 Å². The van der Waals surface area contributed by atoms with Crippen LogP contribution >= 0.6 is 0 Å². The minimum atomic E-state index is -1.46. The molecular formula is C13H15FN2O5. The third-order valence-electron chi connectivity index (χ3n) is 2.86. The van der Waals surface area contributed by atoms with Gasteiger partial charge in [0.1, 0.15) is 18.8 Å². The van der Waals surface area contributed by atoms with Crippen LogP contribution in [0.15, 0.2) is 29.2 Å². The molecule has 0 fully saturated rings. The van der Waals surface area contributed by atoms with Gasteiger partial charge in [0.25, 0.3) is 5.56 Å². The van der Waals surface area contributed by atoms with Crippen LogP contribution in [0.1, 0.15) is 19.4 Å². The molecule has 0 aliphatic heterocycles. The van der Waals surface area contributed by atoms with E-state index < -0.39 is 48.4 Å². The van der Waals surface area contributed by atoms with Gasteiger partial charge in [0.15, 0.2) is 5.78 Å². The molecule has 1 heterocycles. The van der Waals surface area contributed by atoms with E-state index in [4.69, 9.17) is 5.11 Å². The van der Waals surface area contributed by atoms with E-state index in [1.165, 1.54) is 25.3 Å². The molecule has 8 heteroatoms. The molecule has 1 amide bonds. The van der Waals surface area contributed by atoms with E-state index in [2.05, 4.69) is 5.32 Å². The van der Waals surface area contributed by atoms with E-state index in [1.54, 1.807) is 6.07 Å². The summed E-state index contributed by atoms with van der Waals surface area (Å²) in [7, 11) is 0. The number of nitrogens with zero attached hydrogens (tertiary/aromatic N) is 1. The summed E-state index contributed by atoms with van der Waals surface area (Å²) in [6, 6.07) is 1.89. The molecule has 0 bridgehead atoms. The number of amides is 1. The second-order valence-corrected chi connectivity index (χ2v) is 4.38. The Labute approximate surface area is 119 Å². The Hall–Kier alpha value is -2.51. The summed E-state index contributed by atoms with van der Waals surface area (Å²) in [5.41, 5.74) is -0.424. The highest BCUT2D eigenvalue weighted by atomic mass is 19.1. The van der Waals surface area contributed by atoms with Gasteiger partial charge in [0, 0.05) is 12.3 Å². The SMILES string of the molecule is CC(C(=O)NC(CC(=O)O)C(=O)CF)n1ccccc1=O. The Morgan fingerprint density at radius 2 is 2.05 bits per heavy atom. The van der Waals surface area contributed by atoms with Gasteiger partial charge in [-0.25, -0.2) is 4.39 Å². The van der Waals surface area contributed by atoms with Gasteiger partial charge in [-0.1, -0.05) is 6.07 Å². The molecule has 0 aromatic carbocycles. The van der Waals surface area contributed by atoms with Crippen LogP contribution in [0.25, 0.3) is 0 Å². The highest BCUT2D eigenvalue weighted by Gasteiger charge is 2.26. The van der Waals surface area contributed by atoms with Crippen molar-refractivity contribution in [2.75, 3.05) is 6.67 Å². The third-order valence-corrected chi connectivity index (χ3v) is 2.86. The molecule has 1 aromatic heterocycles. The minimum absolute atomic E-state index is 0.424. The van der Waals surface area contributed by atoms with Gasteiger partial charge in [-0.15, -0.1) is 0 Å². The van der Waals surface area contributed by atoms with Crippen molar-refractivity contribution < 1.29 is 23.9 Å². The molecule has 0 aliphatic rings. The number of alkyl halides is 1. The molecular weight excluding hydrogens is 283 g/mol. The fourth-order valence-electron chi connectivity index (χ4n) is 1.69. The molecule has 2 atom stereocenters. The van der Waals surface area contributed by atoms with E-state index in [9.17, 15) is 23.6 Å². The maximum absolute atomic E-state index is 12.4. The Bertz CT molecular complexity index is 598. The van der Waals surface area contributed by atoms with Crippen LogP contribution < -0.4 is 10.9 Å². The fourth-order valence-corrected chi connectivity index (χ4v) is 1.69. The zero-order valence-electron chi connectivity index (χ0n) is 11.3. The first-order valence-electron chi connectivity index (χ1n) is 6.14. The first kappa shape index (κ1) is 16.5. The van der Waals surface area contributed by atoms with E-state index in [-0.39, 0.29) is 0 Å². The Morgan fingerprint density at radius 3 is 2.57 bits per heavy atom. The molecule has 0 saturated carbocycles. The highest BCUT2D eigenvalue weighted by molar-refractivity contribution is 5.93. The molecule has 1 rings (SSSR count). The number of ketones is 1. The maximum Gasteiger partial charge on any atom is 0.305 e. The quantitative estimate of drug-likeness (QED) is 0.731. The van der Waals surface area contributed by atoms with Crippen LogP contribution in [0, 0.1) is 0 Å². The van der Waals surface area contributed by atoms with Gasteiger partial charge in [-0.05, 0) is 13.0 Å². The molecule has 2 N–H and O–H groups in total. The zero-order chi connectivity index (χ0) is 16.0. The lowest BCUT2D eigenvalue weighted by Crippen LogP contribution is -2.46. The van der Waals surface area contributed by atoms with E-state index in [0.29, 0.717) is 0 Å². The molecule has 21 heavy (non-hydrogen) atoms. The lowest BCUT2D eigenvalue weighted by atomic mass is 10.1. The van der Waals surface area contributed by atoms with Crippen molar-refractivity contribution in [2.24, 2.45) is 0 Å². The lowest BCUT2D eigenvalue weighted by Gasteiger charge is -2.19. The van der Waals surface area contributed by atoms with Crippen LogP contribution in [-0.2, 0) is 14.4 Å². The summed E-state index contributed by atoms with van der Waals surface area (Å²) in [5.74, 6) is -3.11. The number of halogens is 1. The van der Waals surface area contributed by atoms with Crippen molar-refractivity contribution in [1.29, 1.82) is 0 Å². The lowest BCUT2D eigenvalue weighted by molar-refractivity contribution is -0.140. The van der Waals surface area contributed by atoms with Gasteiger partial charge in [0.2, 0.25) is 5.91 Å². The normalized spacial score (nSPS) is 13.2. The number of carboxylic acid groups (broad SMARTS) is 1. The van der Waals surface area contributed by atoms with Crippen LogP contribution in [-0.4, -0.2) is 40.0 Å². The van der Waals surface area contributed by atoms with Gasteiger partial charge < -0.3 is 15.0 Å². The van der Waals surface area contributed by atoms with Crippen molar-refractivity contribution in [3.8, 4) is 0 Å². The number of pyridine rings is 1. The minimum Gasteiger partial charge on any atom is -0.481 e. The fraction of sp³-hybridized carbons (Fsp3) is 0.385. The largest absolute Gasteiger partial charge is 0.481 e. The highest BCUT2D eigenvalue weighted by Crippen LogP contribution is 2.04. The average molecular weight is 298 g/mol. The van der Waals surface area contributed by atoms with Gasteiger partial charge in [-0.3, -0.25) is 19.2 Å². The molecule has 0 spiro atoms. The summed E-state index contributed by atoms with van der Waals surface area (Å²) in [4.78, 5) is 45.5. The van der Waals surface area contributed by atoms with Gasteiger partial charge in [-0.2, -0.15) is 0 Å². The molecule has 1 aromatic rings. The predicted molar refractivity (Wildman–Crippen MR) is 70.6 cm³/mol. The Balaban J connectivity index is 2.86. The number of hydrogen-bond donors (Lipinski definition) is 2. The third kappa shape index (κ3) is 4.51. The summed E-state index contributed by atoms with van der Waals surface area (Å²) in [5, 5.41) is 10.8. The number of rotatable bonds is 7. The van der Waals surface area contributed by atoms with Crippen LogP contribution in [0.5, 0.6) is 0 Å². The number of Topliss-reactive ketones (excluding diaryl/α,β-unsaturated/α-hetero) is 1. The summed E-state index contributed by atoms with van der Waals surface area (Å²) in [6.45, 7) is 0.0341. The molecule has 7 nitrogen and oxygen atoms in total. The predicted octanol–water partition coefficient (Wildman–Crippen LogP) is -0.0926. The number of aromatic nitrogens is 1. The van der Waals surface area contributed by atoms with Gasteiger partial charge in [0.05, 0.1) is 6.42 Å². The van der Waals surface area contributed by atoms with E-state index in [0.717, 1.165) is 4.57 Å². The maximum atomic E-state index is 12.4. The summed E-state index contributed by atoms with van der Waals surface area (Å²) in [6.07, 6.45) is 0.667. The molecule has 2 unspecified atom stereocenters. The molecule has 0 saturated heterocycles.